The lowest BCUT2D eigenvalue weighted by Gasteiger charge is -2.32. The lowest BCUT2D eigenvalue weighted by Crippen LogP contribution is -2.46. The smallest absolute Gasteiger partial charge is 0.406 e. The van der Waals surface area contributed by atoms with Gasteiger partial charge in [-0.2, -0.15) is 13.2 Å². The highest BCUT2D eigenvalue weighted by Crippen LogP contribution is 2.42. The Labute approximate surface area is 180 Å². The molecule has 0 saturated carbocycles. The first-order valence-electron chi connectivity index (χ1n) is 9.75. The number of hydrogen-bond acceptors (Lipinski definition) is 5. The molecule has 0 spiro atoms. The van der Waals surface area contributed by atoms with Crippen LogP contribution in [0.15, 0.2) is 12.1 Å². The zero-order valence-corrected chi connectivity index (χ0v) is 18.6. The van der Waals surface area contributed by atoms with E-state index in [1.165, 1.54) is 26.2 Å². The first-order valence-corrected chi connectivity index (χ1v) is 9.75. The molecule has 1 fully saturated rings. The molecule has 1 atom stereocenters. The van der Waals surface area contributed by atoms with Crippen molar-refractivity contribution in [3.8, 4) is 17.2 Å². The molecular weight excluding hydrogens is 417 g/mol. The average molecular weight is 446 g/mol. The molecule has 1 aliphatic heterocycles. The minimum Gasteiger partial charge on any atom is -0.493 e. The fraction of sp³-hybridized carbons (Fsp3) is 0.619. The second-order valence-corrected chi connectivity index (χ2v) is 8.66. The van der Waals surface area contributed by atoms with Crippen LogP contribution in [0.25, 0.3) is 0 Å². The van der Waals surface area contributed by atoms with Gasteiger partial charge >= 0.3 is 6.18 Å². The number of nitrogens with zero attached hydrogens (tertiary/aromatic N) is 2. The van der Waals surface area contributed by atoms with Gasteiger partial charge in [-0.1, -0.05) is 20.8 Å². The molecule has 174 valence electrons. The van der Waals surface area contributed by atoms with Gasteiger partial charge in [0.1, 0.15) is 6.54 Å². The van der Waals surface area contributed by atoms with Crippen molar-refractivity contribution in [2.24, 2.45) is 11.3 Å². The fourth-order valence-electron chi connectivity index (χ4n) is 3.60. The molecule has 0 N–H and O–H groups in total. The molecule has 2 rings (SSSR count). The Morgan fingerprint density at radius 3 is 2.03 bits per heavy atom. The molecule has 1 aromatic rings. The summed E-state index contributed by atoms with van der Waals surface area (Å²) in [6.45, 7) is 3.82. The maximum Gasteiger partial charge on any atom is 0.406 e. The lowest BCUT2D eigenvalue weighted by molar-refractivity contribution is -0.165. The highest BCUT2D eigenvalue weighted by Gasteiger charge is 2.42. The van der Waals surface area contributed by atoms with E-state index in [2.05, 4.69) is 0 Å². The molecule has 1 saturated heterocycles. The Morgan fingerprint density at radius 2 is 1.61 bits per heavy atom. The Hall–Kier alpha value is -2.65. The summed E-state index contributed by atoms with van der Waals surface area (Å²) in [6.07, 6.45) is -4.70. The van der Waals surface area contributed by atoms with Crippen molar-refractivity contribution >= 4 is 17.5 Å². The number of ether oxygens (including phenoxy) is 3. The van der Waals surface area contributed by atoms with Gasteiger partial charge in [0.05, 0.1) is 32.9 Å². The normalized spacial score (nSPS) is 17.0. The van der Waals surface area contributed by atoms with Crippen LogP contribution >= 0.6 is 0 Å². The Morgan fingerprint density at radius 1 is 1.06 bits per heavy atom. The van der Waals surface area contributed by atoms with Crippen LogP contribution in [0.5, 0.6) is 17.2 Å². The number of benzene rings is 1. The van der Waals surface area contributed by atoms with E-state index in [9.17, 15) is 22.8 Å². The van der Waals surface area contributed by atoms with Crippen LogP contribution in [0, 0.1) is 11.3 Å². The van der Waals surface area contributed by atoms with Gasteiger partial charge < -0.3 is 24.0 Å². The Bertz CT molecular complexity index is 779. The Kier molecular flexibility index (Phi) is 7.33. The van der Waals surface area contributed by atoms with Crippen LogP contribution in [-0.2, 0) is 9.59 Å². The van der Waals surface area contributed by atoms with E-state index in [0.29, 0.717) is 22.9 Å². The van der Waals surface area contributed by atoms with Crippen molar-refractivity contribution < 1.29 is 37.0 Å². The molecule has 1 aliphatic rings. The Balaban J connectivity index is 2.30. The average Bonchev–Trinajstić information content (AvgIpc) is 3.05. The molecule has 0 bridgehead atoms. The molecule has 1 heterocycles. The highest BCUT2D eigenvalue weighted by molar-refractivity contribution is 6.00. The topological polar surface area (TPSA) is 68.3 Å². The molecule has 2 amide bonds. The molecule has 0 aromatic heterocycles. The first kappa shape index (κ1) is 24.6. The summed E-state index contributed by atoms with van der Waals surface area (Å²) >= 11 is 0. The number of methoxy groups -OCH3 is 3. The third-order valence-electron chi connectivity index (χ3n) is 4.78. The van der Waals surface area contributed by atoms with Crippen LogP contribution in [0.4, 0.5) is 18.9 Å². The highest BCUT2D eigenvalue weighted by atomic mass is 19.4. The number of alkyl halides is 3. The number of carbonyl (C=O) groups excluding carboxylic acids is 2. The van der Waals surface area contributed by atoms with E-state index < -0.39 is 30.0 Å². The number of hydrogen-bond donors (Lipinski definition) is 0. The summed E-state index contributed by atoms with van der Waals surface area (Å²) in [5.74, 6) is -0.937. The van der Waals surface area contributed by atoms with Gasteiger partial charge in [-0.3, -0.25) is 9.59 Å². The van der Waals surface area contributed by atoms with Crippen LogP contribution in [-0.4, -0.2) is 63.9 Å². The third kappa shape index (κ3) is 6.18. The first-order chi connectivity index (χ1) is 14.3. The van der Waals surface area contributed by atoms with Crippen LogP contribution < -0.4 is 19.1 Å². The van der Waals surface area contributed by atoms with Gasteiger partial charge in [0, 0.05) is 31.6 Å². The van der Waals surface area contributed by atoms with Gasteiger partial charge in [-0.15, -0.1) is 0 Å². The van der Waals surface area contributed by atoms with Gasteiger partial charge in [-0.25, -0.2) is 0 Å². The molecule has 1 unspecified atom stereocenters. The lowest BCUT2D eigenvalue weighted by atomic mass is 9.95. The summed E-state index contributed by atoms with van der Waals surface area (Å²) in [6, 6.07) is 3.13. The predicted octanol–water partition coefficient (Wildman–Crippen LogP) is 3.50. The van der Waals surface area contributed by atoms with Gasteiger partial charge in [0.25, 0.3) is 0 Å². The summed E-state index contributed by atoms with van der Waals surface area (Å²) in [4.78, 5) is 27.8. The second-order valence-electron chi connectivity index (χ2n) is 8.66. The van der Waals surface area contributed by atoms with Crippen molar-refractivity contribution in [1.29, 1.82) is 0 Å². The van der Waals surface area contributed by atoms with E-state index in [0.717, 1.165) is 4.90 Å². The number of halogens is 3. The molecular formula is C21H29F3N2O5. The third-order valence-corrected chi connectivity index (χ3v) is 4.78. The van der Waals surface area contributed by atoms with Gasteiger partial charge in [0.2, 0.25) is 17.6 Å². The summed E-state index contributed by atoms with van der Waals surface area (Å²) in [7, 11) is 4.31. The zero-order valence-electron chi connectivity index (χ0n) is 18.6. The monoisotopic (exact) mass is 446 g/mol. The predicted molar refractivity (Wildman–Crippen MR) is 109 cm³/mol. The minimum atomic E-state index is -4.53. The number of carbonyl (C=O) groups is 2. The molecule has 0 radical (unpaired) electrons. The van der Waals surface area contributed by atoms with E-state index >= 15 is 0 Å². The molecule has 10 heteroatoms. The minimum absolute atomic E-state index is 0.0329. The van der Waals surface area contributed by atoms with E-state index in [1.807, 2.05) is 0 Å². The maximum atomic E-state index is 13.1. The van der Waals surface area contributed by atoms with Crippen molar-refractivity contribution in [2.45, 2.75) is 33.4 Å². The zero-order chi connectivity index (χ0) is 23.6. The largest absolute Gasteiger partial charge is 0.493 e. The molecule has 31 heavy (non-hydrogen) atoms. The van der Waals surface area contributed by atoms with E-state index in [1.54, 1.807) is 32.9 Å². The molecule has 0 aliphatic carbocycles. The van der Waals surface area contributed by atoms with Crippen molar-refractivity contribution in [1.82, 2.24) is 4.90 Å². The molecule has 1 aromatic carbocycles. The van der Waals surface area contributed by atoms with Gasteiger partial charge in [0.15, 0.2) is 11.5 Å². The van der Waals surface area contributed by atoms with Crippen LogP contribution in [0.1, 0.15) is 27.2 Å². The summed E-state index contributed by atoms with van der Waals surface area (Å²) in [5.41, 5.74) is -0.118. The van der Waals surface area contributed by atoms with Crippen LogP contribution in [0.2, 0.25) is 0 Å². The van der Waals surface area contributed by atoms with Crippen molar-refractivity contribution in [2.75, 3.05) is 45.9 Å². The van der Waals surface area contributed by atoms with Gasteiger partial charge in [-0.05, 0) is 5.41 Å². The second kappa shape index (κ2) is 9.23. The number of rotatable bonds is 7. The SMILES string of the molecule is COc1cc(N2CC(C(=O)N(CC(C)(C)C)CC(F)(F)F)CC2=O)cc(OC)c1OC. The standard InChI is InChI=1S/C21H29F3N2O5/c1-20(2,3)11-25(12-21(22,23)24)19(28)13-7-17(27)26(10-13)14-8-15(29-4)18(31-6)16(9-14)30-5/h8-9,13H,7,10-12H2,1-6H3. The summed E-state index contributed by atoms with van der Waals surface area (Å²) < 4.78 is 55.1. The maximum absolute atomic E-state index is 13.1. The van der Waals surface area contributed by atoms with Crippen molar-refractivity contribution in [3.63, 3.8) is 0 Å². The number of amides is 2. The fourth-order valence-corrected chi connectivity index (χ4v) is 3.60. The van der Waals surface area contributed by atoms with Crippen LogP contribution in [0.3, 0.4) is 0 Å². The van der Waals surface area contributed by atoms with E-state index in [-0.39, 0.29) is 25.4 Å². The van der Waals surface area contributed by atoms with Crippen molar-refractivity contribution in [3.05, 3.63) is 12.1 Å². The molecule has 7 nitrogen and oxygen atoms in total. The quantitative estimate of drug-likeness (QED) is 0.641. The summed E-state index contributed by atoms with van der Waals surface area (Å²) in [5, 5.41) is 0. The number of anilines is 1. The van der Waals surface area contributed by atoms with E-state index in [4.69, 9.17) is 14.2 Å².